The summed E-state index contributed by atoms with van der Waals surface area (Å²) < 4.78 is 43.1. The van der Waals surface area contributed by atoms with E-state index in [9.17, 15) is 22.8 Å². The van der Waals surface area contributed by atoms with Gasteiger partial charge in [-0.1, -0.05) is 51.4 Å². The van der Waals surface area contributed by atoms with Crippen LogP contribution in [0.5, 0.6) is 0 Å². The number of rotatable bonds is 2. The van der Waals surface area contributed by atoms with Gasteiger partial charge in [-0.25, -0.2) is 0 Å². The molecule has 3 nitrogen and oxygen atoms in total. The molecule has 0 atom stereocenters. The van der Waals surface area contributed by atoms with Crippen LogP contribution in [-0.4, -0.2) is 11.1 Å². The van der Waals surface area contributed by atoms with Gasteiger partial charge in [0.25, 0.3) is 11.1 Å². The van der Waals surface area contributed by atoms with Crippen molar-refractivity contribution in [3.05, 3.63) is 62.5 Å². The first-order chi connectivity index (χ1) is 15.2. The van der Waals surface area contributed by atoms with Crippen LogP contribution in [-0.2, 0) is 21.8 Å². The molecular formula is C25H23ClF3NO2S. The number of imide groups is 1. The number of benzene rings is 2. The minimum atomic E-state index is -4.61. The molecule has 1 heterocycles. The fourth-order valence-electron chi connectivity index (χ4n) is 4.56. The molecule has 2 amide bonds. The van der Waals surface area contributed by atoms with Gasteiger partial charge in [0, 0.05) is 10.6 Å². The lowest BCUT2D eigenvalue weighted by molar-refractivity contribution is -0.137. The van der Waals surface area contributed by atoms with Gasteiger partial charge in [-0.15, -0.1) is 0 Å². The SMILES string of the molecule is CC1(C)CCC(C)(C)c2cc(C(F)(F)F)c(-c3c(Cl)cccc3/C=C3\SC(=O)NC3=O)cc21. The highest BCUT2D eigenvalue weighted by Gasteiger charge is 2.42. The van der Waals surface area contributed by atoms with Gasteiger partial charge < -0.3 is 0 Å². The number of carbonyl (C=O) groups excluding carboxylic acids is 2. The van der Waals surface area contributed by atoms with E-state index in [1.54, 1.807) is 18.2 Å². The van der Waals surface area contributed by atoms with Crippen molar-refractivity contribution in [1.29, 1.82) is 0 Å². The third kappa shape index (κ3) is 4.33. The Bertz CT molecular complexity index is 1210. The molecule has 174 valence electrons. The minimum absolute atomic E-state index is 0.0285. The molecule has 4 rings (SSSR count). The zero-order valence-electron chi connectivity index (χ0n) is 18.6. The van der Waals surface area contributed by atoms with Crippen LogP contribution in [0.2, 0.25) is 5.02 Å². The fourth-order valence-corrected chi connectivity index (χ4v) is 5.52. The Morgan fingerprint density at radius 1 is 1.03 bits per heavy atom. The Morgan fingerprint density at radius 2 is 1.64 bits per heavy atom. The molecule has 1 aliphatic heterocycles. The molecule has 0 spiro atoms. The predicted octanol–water partition coefficient (Wildman–Crippen LogP) is 7.70. The van der Waals surface area contributed by atoms with Crippen molar-refractivity contribution in [2.75, 3.05) is 0 Å². The van der Waals surface area contributed by atoms with Crippen LogP contribution >= 0.6 is 23.4 Å². The quantitative estimate of drug-likeness (QED) is 0.436. The monoisotopic (exact) mass is 493 g/mol. The number of halogens is 4. The van der Waals surface area contributed by atoms with E-state index in [-0.39, 0.29) is 26.5 Å². The highest BCUT2D eigenvalue weighted by Crippen LogP contribution is 2.51. The summed E-state index contributed by atoms with van der Waals surface area (Å²) in [7, 11) is 0. The minimum Gasteiger partial charge on any atom is -0.282 e. The Kier molecular flexibility index (Phi) is 5.73. The van der Waals surface area contributed by atoms with E-state index in [1.165, 1.54) is 18.2 Å². The molecule has 1 N–H and O–H groups in total. The molecule has 33 heavy (non-hydrogen) atoms. The summed E-state index contributed by atoms with van der Waals surface area (Å²) >= 11 is 7.18. The summed E-state index contributed by atoms with van der Waals surface area (Å²) in [5.74, 6) is -0.583. The van der Waals surface area contributed by atoms with Gasteiger partial charge in [-0.05, 0) is 82.0 Å². The maximum atomic E-state index is 14.4. The Morgan fingerprint density at radius 3 is 2.18 bits per heavy atom. The summed E-state index contributed by atoms with van der Waals surface area (Å²) in [4.78, 5) is 23.7. The van der Waals surface area contributed by atoms with Gasteiger partial charge in [0.15, 0.2) is 0 Å². The molecule has 0 unspecified atom stereocenters. The van der Waals surface area contributed by atoms with Crippen molar-refractivity contribution in [1.82, 2.24) is 5.32 Å². The number of thioether (sulfide) groups is 1. The summed E-state index contributed by atoms with van der Waals surface area (Å²) in [5.41, 5.74) is 0.590. The van der Waals surface area contributed by atoms with E-state index in [0.717, 1.165) is 18.4 Å². The maximum absolute atomic E-state index is 14.4. The van der Waals surface area contributed by atoms with E-state index in [1.807, 2.05) is 27.7 Å². The average Bonchev–Trinajstić information content (AvgIpc) is 3.01. The molecule has 2 aromatic rings. The van der Waals surface area contributed by atoms with Gasteiger partial charge in [0.05, 0.1) is 10.5 Å². The number of fused-ring (bicyclic) bond motifs is 1. The predicted molar refractivity (Wildman–Crippen MR) is 126 cm³/mol. The van der Waals surface area contributed by atoms with Crippen LogP contribution in [0.25, 0.3) is 17.2 Å². The van der Waals surface area contributed by atoms with Gasteiger partial charge in [-0.3, -0.25) is 14.9 Å². The van der Waals surface area contributed by atoms with E-state index < -0.39 is 28.3 Å². The molecule has 1 fully saturated rings. The Balaban J connectivity index is 2.04. The second-order valence-corrected chi connectivity index (χ2v) is 11.2. The molecule has 0 aromatic heterocycles. The topological polar surface area (TPSA) is 46.2 Å². The first kappa shape index (κ1) is 23.9. The van der Waals surface area contributed by atoms with Crippen molar-refractivity contribution < 1.29 is 22.8 Å². The second-order valence-electron chi connectivity index (χ2n) is 9.77. The lowest BCUT2D eigenvalue weighted by Crippen LogP contribution is -2.34. The molecule has 0 radical (unpaired) electrons. The molecule has 1 saturated heterocycles. The number of alkyl halides is 3. The zero-order valence-corrected chi connectivity index (χ0v) is 20.2. The Labute approximate surface area is 199 Å². The summed E-state index contributed by atoms with van der Waals surface area (Å²) in [6, 6.07) is 7.62. The second kappa shape index (κ2) is 7.91. The molecule has 2 aromatic carbocycles. The highest BCUT2D eigenvalue weighted by atomic mass is 35.5. The smallest absolute Gasteiger partial charge is 0.282 e. The van der Waals surface area contributed by atoms with E-state index in [0.29, 0.717) is 22.9 Å². The van der Waals surface area contributed by atoms with Crippen molar-refractivity contribution in [2.45, 2.75) is 57.5 Å². The lowest BCUT2D eigenvalue weighted by Gasteiger charge is -2.42. The van der Waals surface area contributed by atoms with Gasteiger partial charge in [0.1, 0.15) is 0 Å². The molecule has 2 aliphatic rings. The maximum Gasteiger partial charge on any atom is 0.417 e. The number of hydrogen-bond acceptors (Lipinski definition) is 3. The Hall–Kier alpha value is -2.25. The van der Waals surface area contributed by atoms with Crippen molar-refractivity contribution >= 4 is 40.6 Å². The molecule has 0 bridgehead atoms. The number of hydrogen-bond donors (Lipinski definition) is 1. The van der Waals surface area contributed by atoms with E-state index >= 15 is 0 Å². The van der Waals surface area contributed by atoms with Crippen LogP contribution in [0, 0.1) is 0 Å². The van der Waals surface area contributed by atoms with Crippen molar-refractivity contribution in [2.24, 2.45) is 0 Å². The van der Waals surface area contributed by atoms with E-state index in [2.05, 4.69) is 5.32 Å². The van der Waals surface area contributed by atoms with Crippen LogP contribution in [0.3, 0.4) is 0 Å². The van der Waals surface area contributed by atoms with Crippen LogP contribution < -0.4 is 5.32 Å². The van der Waals surface area contributed by atoms with Crippen LogP contribution in [0.1, 0.15) is 62.8 Å². The summed E-state index contributed by atoms with van der Waals surface area (Å²) in [5, 5.41) is 1.77. The van der Waals surface area contributed by atoms with Crippen molar-refractivity contribution in [3.63, 3.8) is 0 Å². The largest absolute Gasteiger partial charge is 0.417 e. The van der Waals surface area contributed by atoms with Gasteiger partial charge in [0.2, 0.25) is 0 Å². The average molecular weight is 494 g/mol. The van der Waals surface area contributed by atoms with Crippen LogP contribution in [0.4, 0.5) is 18.0 Å². The van der Waals surface area contributed by atoms with Gasteiger partial charge in [-0.2, -0.15) is 13.2 Å². The van der Waals surface area contributed by atoms with Crippen molar-refractivity contribution in [3.8, 4) is 11.1 Å². The highest BCUT2D eigenvalue weighted by molar-refractivity contribution is 8.18. The van der Waals surface area contributed by atoms with E-state index in [4.69, 9.17) is 11.6 Å². The normalized spacial score (nSPS) is 20.7. The first-order valence-corrected chi connectivity index (χ1v) is 11.7. The lowest BCUT2D eigenvalue weighted by atomic mass is 9.62. The number of nitrogens with one attached hydrogen (secondary N) is 1. The van der Waals surface area contributed by atoms with Crippen LogP contribution in [0.15, 0.2) is 35.2 Å². The number of amides is 2. The molecule has 0 saturated carbocycles. The zero-order chi connectivity index (χ0) is 24.3. The first-order valence-electron chi connectivity index (χ1n) is 10.5. The van der Waals surface area contributed by atoms with Gasteiger partial charge >= 0.3 is 6.18 Å². The summed E-state index contributed by atoms with van der Waals surface area (Å²) in [6.07, 6.45) is -1.56. The summed E-state index contributed by atoms with van der Waals surface area (Å²) in [6.45, 7) is 8.02. The number of carbonyl (C=O) groups is 2. The third-order valence-corrected chi connectivity index (χ3v) is 7.67. The third-order valence-electron chi connectivity index (χ3n) is 6.54. The molecule has 1 aliphatic carbocycles. The molecular weight excluding hydrogens is 471 g/mol. The fraction of sp³-hybridized carbons (Fsp3) is 0.360. The molecule has 8 heteroatoms. The standard InChI is InChI=1S/C25H23ClF3NO2S/c1-23(2)8-9-24(3,4)17-12-15(25(27,28)29)14(11-16(17)23)20-13(6-5-7-18(20)26)10-19-21(31)30-22(32)33-19/h5-7,10-12H,8-9H2,1-4H3,(H,30,31,32)/b19-10-.